The Morgan fingerprint density at radius 1 is 1.16 bits per heavy atom. The number of carbonyl (C=O) groups excluding carboxylic acids is 2. The van der Waals surface area contributed by atoms with Crippen molar-refractivity contribution in [2.24, 2.45) is 5.92 Å². The van der Waals surface area contributed by atoms with Crippen molar-refractivity contribution in [2.75, 3.05) is 31.6 Å². The molecule has 2 aliphatic rings. The fourth-order valence-corrected chi connectivity index (χ4v) is 4.44. The van der Waals surface area contributed by atoms with Crippen LogP contribution in [-0.4, -0.2) is 49.5 Å². The molecule has 0 radical (unpaired) electrons. The molecule has 0 spiro atoms. The molecule has 31 heavy (non-hydrogen) atoms. The number of methoxy groups -OCH3 is 1. The molecule has 164 valence electrons. The number of halogens is 1. The zero-order valence-electron chi connectivity index (χ0n) is 17.7. The van der Waals surface area contributed by atoms with Crippen molar-refractivity contribution < 1.29 is 14.3 Å². The van der Waals surface area contributed by atoms with Crippen LogP contribution < -0.4 is 15.0 Å². The molecule has 2 amide bonds. The van der Waals surface area contributed by atoms with Crippen LogP contribution in [0.1, 0.15) is 24.8 Å². The topological polar surface area (TPSA) is 61.9 Å². The first-order valence-corrected chi connectivity index (χ1v) is 11.1. The molecule has 1 atom stereocenters. The highest BCUT2D eigenvalue weighted by molar-refractivity contribution is 6.30. The Balaban J connectivity index is 1.26. The van der Waals surface area contributed by atoms with Crippen molar-refractivity contribution in [3.8, 4) is 5.75 Å². The Bertz CT molecular complexity index is 926. The fourth-order valence-electron chi connectivity index (χ4n) is 4.31. The molecule has 2 aromatic rings. The second-order valence-corrected chi connectivity index (χ2v) is 8.73. The number of amides is 2. The zero-order valence-corrected chi connectivity index (χ0v) is 18.5. The molecule has 0 unspecified atom stereocenters. The Morgan fingerprint density at radius 3 is 2.61 bits per heavy atom. The van der Waals surface area contributed by atoms with Gasteiger partial charge in [0, 0.05) is 55.4 Å². The number of likely N-dealkylation sites (tertiary alicyclic amines) is 1. The van der Waals surface area contributed by atoms with Gasteiger partial charge in [-0.25, -0.2) is 0 Å². The van der Waals surface area contributed by atoms with E-state index in [1.54, 1.807) is 12.0 Å². The van der Waals surface area contributed by atoms with E-state index in [1.165, 1.54) is 5.56 Å². The average Bonchev–Trinajstić information content (AvgIpc) is 3.18. The molecule has 2 saturated heterocycles. The Kier molecular flexibility index (Phi) is 6.78. The predicted octanol–water partition coefficient (Wildman–Crippen LogP) is 3.48. The van der Waals surface area contributed by atoms with Crippen LogP contribution in [0.5, 0.6) is 5.75 Å². The lowest BCUT2D eigenvalue weighted by Crippen LogP contribution is -2.46. The highest BCUT2D eigenvalue weighted by atomic mass is 35.5. The van der Waals surface area contributed by atoms with E-state index >= 15 is 0 Å². The van der Waals surface area contributed by atoms with Gasteiger partial charge in [0.15, 0.2) is 0 Å². The zero-order chi connectivity index (χ0) is 21.8. The van der Waals surface area contributed by atoms with E-state index in [-0.39, 0.29) is 30.2 Å². The number of benzene rings is 2. The van der Waals surface area contributed by atoms with Gasteiger partial charge in [-0.05, 0) is 42.7 Å². The lowest BCUT2D eigenvalue weighted by molar-refractivity contribution is -0.127. The third-order valence-electron chi connectivity index (χ3n) is 6.11. The number of nitrogens with zero attached hydrogens (tertiary/aromatic N) is 2. The van der Waals surface area contributed by atoms with Crippen molar-refractivity contribution in [3.63, 3.8) is 0 Å². The number of anilines is 1. The highest BCUT2D eigenvalue weighted by Crippen LogP contribution is 2.28. The van der Waals surface area contributed by atoms with Gasteiger partial charge in [-0.1, -0.05) is 29.8 Å². The van der Waals surface area contributed by atoms with Gasteiger partial charge in [0.1, 0.15) is 5.75 Å². The van der Waals surface area contributed by atoms with Gasteiger partial charge in [0.05, 0.1) is 13.0 Å². The number of rotatable bonds is 6. The Labute approximate surface area is 188 Å². The molecule has 1 N–H and O–H groups in total. The summed E-state index contributed by atoms with van der Waals surface area (Å²) in [6.45, 7) is 3.18. The van der Waals surface area contributed by atoms with E-state index in [2.05, 4.69) is 22.3 Å². The molecule has 2 aromatic carbocycles. The number of ether oxygens (including phenoxy) is 1. The summed E-state index contributed by atoms with van der Waals surface area (Å²) in [4.78, 5) is 29.4. The normalized spacial score (nSPS) is 20.1. The fraction of sp³-hybridized carbons (Fsp3) is 0.417. The van der Waals surface area contributed by atoms with Gasteiger partial charge in [-0.3, -0.25) is 14.5 Å². The predicted molar refractivity (Wildman–Crippen MR) is 121 cm³/mol. The van der Waals surface area contributed by atoms with E-state index in [0.717, 1.165) is 43.2 Å². The SMILES string of the molecule is COc1cccc(N2C[C@@H](C(=O)NC3CCN(Cc4ccc(Cl)cc4)CC3)CC2=O)c1. The molecule has 2 aliphatic heterocycles. The minimum atomic E-state index is -0.314. The lowest BCUT2D eigenvalue weighted by atomic mass is 10.0. The minimum Gasteiger partial charge on any atom is -0.497 e. The number of piperidine rings is 1. The first-order chi connectivity index (χ1) is 15.0. The van der Waals surface area contributed by atoms with Gasteiger partial charge in [0.25, 0.3) is 0 Å². The lowest BCUT2D eigenvalue weighted by Gasteiger charge is -2.32. The molecule has 7 heteroatoms. The number of hydrogen-bond donors (Lipinski definition) is 1. The maximum atomic E-state index is 12.8. The number of carbonyl (C=O) groups is 2. The molecule has 6 nitrogen and oxygen atoms in total. The Morgan fingerprint density at radius 2 is 1.90 bits per heavy atom. The summed E-state index contributed by atoms with van der Waals surface area (Å²) >= 11 is 5.96. The number of nitrogens with one attached hydrogen (secondary N) is 1. The largest absolute Gasteiger partial charge is 0.497 e. The first-order valence-electron chi connectivity index (χ1n) is 10.7. The van der Waals surface area contributed by atoms with E-state index in [9.17, 15) is 9.59 Å². The summed E-state index contributed by atoms with van der Waals surface area (Å²) in [6.07, 6.45) is 2.08. The van der Waals surface area contributed by atoms with E-state index in [4.69, 9.17) is 16.3 Å². The molecular formula is C24H28ClN3O3. The summed E-state index contributed by atoms with van der Waals surface area (Å²) in [5.74, 6) is 0.343. The van der Waals surface area contributed by atoms with E-state index in [0.29, 0.717) is 12.3 Å². The smallest absolute Gasteiger partial charge is 0.227 e. The van der Waals surface area contributed by atoms with Crippen molar-refractivity contribution in [1.82, 2.24) is 10.2 Å². The summed E-state index contributed by atoms with van der Waals surface area (Å²) in [5.41, 5.74) is 2.02. The van der Waals surface area contributed by atoms with Crippen LogP contribution in [0.25, 0.3) is 0 Å². The molecule has 4 rings (SSSR count). The monoisotopic (exact) mass is 441 g/mol. The van der Waals surface area contributed by atoms with Gasteiger partial charge in [0.2, 0.25) is 11.8 Å². The van der Waals surface area contributed by atoms with E-state index < -0.39 is 0 Å². The van der Waals surface area contributed by atoms with Crippen LogP contribution in [0.3, 0.4) is 0 Å². The second-order valence-electron chi connectivity index (χ2n) is 8.29. The first kappa shape index (κ1) is 21.7. The van der Waals surface area contributed by atoms with Crippen LogP contribution in [0.15, 0.2) is 48.5 Å². The third-order valence-corrected chi connectivity index (χ3v) is 6.37. The van der Waals surface area contributed by atoms with Crippen LogP contribution >= 0.6 is 11.6 Å². The summed E-state index contributed by atoms with van der Waals surface area (Å²) in [6, 6.07) is 15.5. The number of hydrogen-bond acceptors (Lipinski definition) is 4. The molecule has 0 aliphatic carbocycles. The van der Waals surface area contributed by atoms with Crippen LogP contribution in [0, 0.1) is 5.92 Å². The maximum absolute atomic E-state index is 12.8. The molecule has 2 heterocycles. The van der Waals surface area contributed by atoms with Crippen molar-refractivity contribution >= 4 is 29.1 Å². The molecule has 0 aromatic heterocycles. The highest BCUT2D eigenvalue weighted by Gasteiger charge is 2.36. The van der Waals surface area contributed by atoms with E-state index in [1.807, 2.05) is 36.4 Å². The summed E-state index contributed by atoms with van der Waals surface area (Å²) in [7, 11) is 1.60. The minimum absolute atomic E-state index is 0.0186. The van der Waals surface area contributed by atoms with Gasteiger partial charge in [-0.2, -0.15) is 0 Å². The second kappa shape index (κ2) is 9.71. The van der Waals surface area contributed by atoms with Gasteiger partial charge in [-0.15, -0.1) is 0 Å². The standard InChI is InChI=1S/C24H28ClN3O3/c1-31-22-4-2-3-21(14-22)28-16-18(13-23(28)29)24(30)26-20-9-11-27(12-10-20)15-17-5-7-19(25)8-6-17/h2-8,14,18,20H,9-13,15-16H2,1H3,(H,26,30)/t18-/m0/s1. The van der Waals surface area contributed by atoms with Crippen LogP contribution in [0.2, 0.25) is 5.02 Å². The van der Waals surface area contributed by atoms with Gasteiger partial charge < -0.3 is 15.0 Å². The summed E-state index contributed by atoms with van der Waals surface area (Å²) < 4.78 is 5.25. The quantitative estimate of drug-likeness (QED) is 0.745. The van der Waals surface area contributed by atoms with Crippen LogP contribution in [-0.2, 0) is 16.1 Å². The molecule has 2 fully saturated rings. The van der Waals surface area contributed by atoms with Crippen LogP contribution in [0.4, 0.5) is 5.69 Å². The van der Waals surface area contributed by atoms with Crippen molar-refractivity contribution in [2.45, 2.75) is 31.8 Å². The molecular weight excluding hydrogens is 414 g/mol. The van der Waals surface area contributed by atoms with Crippen molar-refractivity contribution in [1.29, 1.82) is 0 Å². The average molecular weight is 442 g/mol. The molecule has 0 bridgehead atoms. The maximum Gasteiger partial charge on any atom is 0.227 e. The van der Waals surface area contributed by atoms with Gasteiger partial charge >= 0.3 is 0 Å². The summed E-state index contributed by atoms with van der Waals surface area (Å²) in [5, 5.41) is 3.93. The van der Waals surface area contributed by atoms with Crippen molar-refractivity contribution in [3.05, 3.63) is 59.1 Å². The third kappa shape index (κ3) is 5.38. The Hall–Kier alpha value is -2.57. The molecule has 0 saturated carbocycles.